The molecule has 5 nitrogen and oxygen atoms in total. The van der Waals surface area contributed by atoms with Crippen molar-refractivity contribution in [2.45, 2.75) is 19.0 Å². The van der Waals surface area contributed by atoms with Crippen LogP contribution in [-0.4, -0.2) is 47.2 Å². The molecule has 7 heteroatoms. The number of hydrogen-bond donors (Lipinski definition) is 1. The zero-order valence-electron chi connectivity index (χ0n) is 13.7. The lowest BCUT2D eigenvalue weighted by Crippen LogP contribution is -2.38. The summed E-state index contributed by atoms with van der Waals surface area (Å²) in [5, 5.41) is 9.00. The van der Waals surface area contributed by atoms with Crippen molar-refractivity contribution in [3.05, 3.63) is 41.3 Å². The van der Waals surface area contributed by atoms with Crippen LogP contribution in [0.25, 0.3) is 10.4 Å². The number of carboxylic acid groups (broad SMARTS) is 1. The number of alkyl halides is 1. The van der Waals surface area contributed by atoms with Crippen molar-refractivity contribution in [3.8, 4) is 16.2 Å². The first-order valence-electron chi connectivity index (χ1n) is 7.98. The fourth-order valence-corrected chi connectivity index (χ4v) is 3.87. The summed E-state index contributed by atoms with van der Waals surface area (Å²) < 4.78 is 19.8. The first-order chi connectivity index (χ1) is 11.9. The van der Waals surface area contributed by atoms with Crippen molar-refractivity contribution in [2.24, 2.45) is 0 Å². The van der Waals surface area contributed by atoms with E-state index in [1.54, 1.807) is 6.07 Å². The first-order valence-corrected chi connectivity index (χ1v) is 8.80. The molecule has 1 amide bonds. The highest BCUT2D eigenvalue weighted by atomic mass is 32.1. The summed E-state index contributed by atoms with van der Waals surface area (Å²) in [7, 11) is 0. The lowest BCUT2D eigenvalue weighted by Gasteiger charge is -2.17. The van der Waals surface area contributed by atoms with Gasteiger partial charge < -0.3 is 14.7 Å². The maximum absolute atomic E-state index is 14.3. The molecule has 0 bridgehead atoms. The van der Waals surface area contributed by atoms with Crippen molar-refractivity contribution in [2.75, 3.05) is 19.7 Å². The molecule has 0 spiro atoms. The minimum Gasteiger partial charge on any atom is -0.492 e. The van der Waals surface area contributed by atoms with Gasteiger partial charge in [0, 0.05) is 17.8 Å². The van der Waals surface area contributed by atoms with Crippen molar-refractivity contribution < 1.29 is 23.8 Å². The molecule has 3 rings (SSSR count). The number of thiophene rings is 1. The number of rotatable bonds is 5. The summed E-state index contributed by atoms with van der Waals surface area (Å²) in [6, 6.07) is 11.4. The molecule has 25 heavy (non-hydrogen) atoms. The van der Waals surface area contributed by atoms with Gasteiger partial charge in [0.1, 0.15) is 10.6 Å². The van der Waals surface area contributed by atoms with Crippen molar-refractivity contribution >= 4 is 23.2 Å². The van der Waals surface area contributed by atoms with Crippen LogP contribution in [0.2, 0.25) is 0 Å². The van der Waals surface area contributed by atoms with Crippen LogP contribution in [0.5, 0.6) is 5.75 Å². The lowest BCUT2D eigenvalue weighted by atomic mass is 10.1. The van der Waals surface area contributed by atoms with E-state index in [2.05, 4.69) is 0 Å². The molecular formula is C18H18FNO4S. The normalized spacial score (nSPS) is 19.8. The molecule has 0 radical (unpaired) electrons. The number of ether oxygens (including phenoxy) is 1. The molecule has 1 aromatic heterocycles. The average molecular weight is 363 g/mol. The van der Waals surface area contributed by atoms with Gasteiger partial charge in [0.25, 0.3) is 5.91 Å². The van der Waals surface area contributed by atoms with Crippen molar-refractivity contribution in [3.63, 3.8) is 0 Å². The smallest absolute Gasteiger partial charge is 0.343 e. The van der Waals surface area contributed by atoms with E-state index in [0.717, 1.165) is 10.4 Å². The van der Waals surface area contributed by atoms with Gasteiger partial charge in [-0.3, -0.25) is 4.79 Å². The highest BCUT2D eigenvalue weighted by molar-refractivity contribution is 7.17. The second-order valence-electron chi connectivity index (χ2n) is 5.85. The van der Waals surface area contributed by atoms with Crippen molar-refractivity contribution in [1.29, 1.82) is 0 Å². The summed E-state index contributed by atoms with van der Waals surface area (Å²) in [6.45, 7) is 1.85. The molecule has 1 atom stereocenters. The first kappa shape index (κ1) is 17.4. The predicted molar refractivity (Wildman–Crippen MR) is 92.9 cm³/mol. The Morgan fingerprint density at radius 3 is 2.68 bits per heavy atom. The SMILES string of the molecule is CCOc1cc(-c2ccccc2)sc1C(=O)N1CCC(F)(C(=O)O)C1. The number of nitrogens with zero attached hydrogens (tertiary/aromatic N) is 1. The topological polar surface area (TPSA) is 66.8 Å². The van der Waals surface area contributed by atoms with Gasteiger partial charge in [0.2, 0.25) is 5.67 Å². The predicted octanol–water partition coefficient (Wildman–Crippen LogP) is 3.45. The molecule has 132 valence electrons. The minimum atomic E-state index is -2.37. The molecule has 1 unspecified atom stereocenters. The summed E-state index contributed by atoms with van der Waals surface area (Å²) in [4.78, 5) is 26.3. The van der Waals surface area contributed by atoms with Gasteiger partial charge in [-0.15, -0.1) is 11.3 Å². The number of halogens is 1. The van der Waals surface area contributed by atoms with Crippen LogP contribution in [-0.2, 0) is 4.79 Å². The summed E-state index contributed by atoms with van der Waals surface area (Å²) in [5.41, 5.74) is -1.42. The molecule has 0 saturated carbocycles. The van der Waals surface area contributed by atoms with E-state index < -0.39 is 24.1 Å². The Morgan fingerprint density at radius 2 is 2.08 bits per heavy atom. The molecule has 1 aliphatic heterocycles. The number of benzene rings is 1. The molecule has 2 heterocycles. The molecule has 1 aliphatic rings. The molecular weight excluding hydrogens is 345 g/mol. The Balaban J connectivity index is 1.90. The van der Waals surface area contributed by atoms with E-state index in [-0.39, 0.29) is 13.0 Å². The number of likely N-dealkylation sites (tertiary alicyclic amines) is 1. The highest BCUT2D eigenvalue weighted by Crippen LogP contribution is 2.38. The van der Waals surface area contributed by atoms with Crippen LogP contribution < -0.4 is 4.74 Å². The van der Waals surface area contributed by atoms with E-state index in [0.29, 0.717) is 17.2 Å². The maximum atomic E-state index is 14.3. The number of carboxylic acids is 1. The van der Waals surface area contributed by atoms with Gasteiger partial charge in [-0.1, -0.05) is 30.3 Å². The van der Waals surface area contributed by atoms with E-state index in [9.17, 15) is 14.0 Å². The monoisotopic (exact) mass is 363 g/mol. The van der Waals surface area contributed by atoms with Gasteiger partial charge >= 0.3 is 5.97 Å². The third-order valence-electron chi connectivity index (χ3n) is 4.14. The third kappa shape index (κ3) is 3.37. The van der Waals surface area contributed by atoms with Gasteiger partial charge in [0.15, 0.2) is 0 Å². The maximum Gasteiger partial charge on any atom is 0.343 e. The Morgan fingerprint density at radius 1 is 1.36 bits per heavy atom. The summed E-state index contributed by atoms with van der Waals surface area (Å²) >= 11 is 1.27. The summed E-state index contributed by atoms with van der Waals surface area (Å²) in [5.74, 6) is -1.47. The zero-order chi connectivity index (χ0) is 18.0. The Hall–Kier alpha value is -2.41. The second kappa shape index (κ2) is 6.84. The van der Waals surface area contributed by atoms with E-state index in [1.165, 1.54) is 16.2 Å². The highest BCUT2D eigenvalue weighted by Gasteiger charge is 2.47. The number of hydrogen-bond acceptors (Lipinski definition) is 4. The van der Waals surface area contributed by atoms with E-state index in [1.807, 2.05) is 37.3 Å². The minimum absolute atomic E-state index is 0.0752. The molecule has 2 aromatic rings. The molecule has 1 aromatic carbocycles. The van der Waals surface area contributed by atoms with Gasteiger partial charge in [0.05, 0.1) is 13.2 Å². The van der Waals surface area contributed by atoms with E-state index in [4.69, 9.17) is 9.84 Å². The summed E-state index contributed by atoms with van der Waals surface area (Å²) in [6.07, 6.45) is -0.199. The quantitative estimate of drug-likeness (QED) is 0.884. The number of aliphatic carboxylic acids is 1. The number of amides is 1. The molecule has 1 saturated heterocycles. The number of carbonyl (C=O) groups excluding carboxylic acids is 1. The van der Waals surface area contributed by atoms with Gasteiger partial charge in [-0.2, -0.15) is 0 Å². The molecule has 1 fully saturated rings. The largest absolute Gasteiger partial charge is 0.492 e. The molecule has 1 N–H and O–H groups in total. The van der Waals surface area contributed by atoms with Crippen LogP contribution in [0.1, 0.15) is 23.0 Å². The van der Waals surface area contributed by atoms with Gasteiger partial charge in [-0.05, 0) is 18.6 Å². The Labute approximate surface area is 148 Å². The zero-order valence-corrected chi connectivity index (χ0v) is 14.5. The molecule has 0 aliphatic carbocycles. The van der Waals surface area contributed by atoms with Crippen LogP contribution in [0.3, 0.4) is 0 Å². The van der Waals surface area contributed by atoms with Crippen molar-refractivity contribution in [1.82, 2.24) is 4.90 Å². The Bertz CT molecular complexity index is 792. The third-order valence-corrected chi connectivity index (χ3v) is 5.29. The van der Waals surface area contributed by atoms with Crippen LogP contribution >= 0.6 is 11.3 Å². The average Bonchev–Trinajstić information content (AvgIpc) is 3.21. The standard InChI is InChI=1S/C18H18FNO4S/c1-2-24-13-10-14(12-6-4-3-5-7-12)25-15(13)16(21)20-9-8-18(19,11-20)17(22)23/h3-7,10H,2,8-9,11H2,1H3,(H,22,23). The van der Waals surface area contributed by atoms with Crippen LogP contribution in [0.4, 0.5) is 4.39 Å². The van der Waals surface area contributed by atoms with E-state index >= 15 is 0 Å². The van der Waals surface area contributed by atoms with Gasteiger partial charge in [-0.25, -0.2) is 9.18 Å². The van der Waals surface area contributed by atoms with Crippen LogP contribution in [0.15, 0.2) is 36.4 Å². The number of carbonyl (C=O) groups is 2. The van der Waals surface area contributed by atoms with Crippen LogP contribution in [0, 0.1) is 0 Å². The second-order valence-corrected chi connectivity index (χ2v) is 6.90. The fourth-order valence-electron chi connectivity index (χ4n) is 2.80. The fraction of sp³-hybridized carbons (Fsp3) is 0.333. The Kier molecular flexibility index (Phi) is 4.76. The lowest BCUT2D eigenvalue weighted by molar-refractivity contribution is -0.149.